The number of nitrogens with zero attached hydrogens (tertiary/aromatic N) is 1. The van der Waals surface area contributed by atoms with Crippen LogP contribution in [0.2, 0.25) is 0 Å². The maximum atomic E-state index is 13.3. The predicted octanol–water partition coefficient (Wildman–Crippen LogP) is 2.05. The summed E-state index contributed by atoms with van der Waals surface area (Å²) in [7, 11) is 0. The summed E-state index contributed by atoms with van der Waals surface area (Å²) in [6, 6.07) is 5.10. The van der Waals surface area contributed by atoms with Crippen LogP contribution in [0.15, 0.2) is 35.3 Å². The first-order chi connectivity index (χ1) is 11.5. The normalized spacial score (nSPS) is 15.1. The summed E-state index contributed by atoms with van der Waals surface area (Å²) in [6.45, 7) is 0.390. The van der Waals surface area contributed by atoms with Gasteiger partial charge in [-0.2, -0.15) is 0 Å². The minimum absolute atomic E-state index is 0.0372. The highest BCUT2D eigenvalue weighted by Gasteiger charge is 2.31. The molecule has 24 heavy (non-hydrogen) atoms. The second kappa shape index (κ2) is 6.90. The Kier molecular flexibility index (Phi) is 4.69. The molecule has 1 unspecified atom stereocenters. The highest BCUT2D eigenvalue weighted by molar-refractivity contribution is 5.90. The number of rotatable bonds is 6. The summed E-state index contributed by atoms with van der Waals surface area (Å²) < 4.78 is 26.3. The van der Waals surface area contributed by atoms with Crippen molar-refractivity contribution in [1.82, 2.24) is 15.3 Å². The molecule has 1 aliphatic carbocycles. The van der Waals surface area contributed by atoms with E-state index in [1.807, 2.05) is 0 Å². The molecule has 1 aromatic heterocycles. The Morgan fingerprint density at radius 1 is 1.29 bits per heavy atom. The van der Waals surface area contributed by atoms with Crippen molar-refractivity contribution < 1.29 is 13.6 Å². The van der Waals surface area contributed by atoms with E-state index in [-0.39, 0.29) is 11.7 Å². The number of nitrogens with one attached hydrogen (secondary N) is 2. The van der Waals surface area contributed by atoms with E-state index >= 15 is 0 Å². The number of hydrogen-bond acceptors (Lipinski definition) is 3. The number of amides is 1. The lowest BCUT2D eigenvalue weighted by molar-refractivity contribution is 0.0934. The van der Waals surface area contributed by atoms with Gasteiger partial charge in [-0.25, -0.2) is 13.8 Å². The zero-order valence-corrected chi connectivity index (χ0v) is 12.9. The molecule has 1 aliphatic rings. The third kappa shape index (κ3) is 4.04. The Labute approximate surface area is 137 Å². The first-order valence-corrected chi connectivity index (χ1v) is 7.80. The number of aromatic nitrogens is 2. The van der Waals surface area contributed by atoms with Crippen molar-refractivity contribution in [1.29, 1.82) is 0 Å². The van der Waals surface area contributed by atoms with Gasteiger partial charge in [0.05, 0.1) is 0 Å². The molecule has 1 saturated carbocycles. The van der Waals surface area contributed by atoms with Gasteiger partial charge in [0.15, 0.2) is 17.5 Å². The van der Waals surface area contributed by atoms with Gasteiger partial charge in [0.1, 0.15) is 0 Å². The van der Waals surface area contributed by atoms with Gasteiger partial charge in [0.2, 0.25) is 0 Å². The SMILES string of the molecule is O=C(NCC(Cc1ccc(F)c(F)c1)C1CC1)c1nccc(=O)[nH]1. The van der Waals surface area contributed by atoms with E-state index in [0.717, 1.165) is 18.9 Å². The molecule has 1 aromatic carbocycles. The van der Waals surface area contributed by atoms with Crippen molar-refractivity contribution in [2.45, 2.75) is 19.3 Å². The van der Waals surface area contributed by atoms with Crippen molar-refractivity contribution in [3.05, 3.63) is 63.8 Å². The van der Waals surface area contributed by atoms with Gasteiger partial charge in [0.25, 0.3) is 11.5 Å². The zero-order chi connectivity index (χ0) is 17.1. The molecule has 126 valence electrons. The van der Waals surface area contributed by atoms with Gasteiger partial charge in [0, 0.05) is 18.8 Å². The van der Waals surface area contributed by atoms with Crippen LogP contribution < -0.4 is 10.9 Å². The lowest BCUT2D eigenvalue weighted by Crippen LogP contribution is -2.33. The summed E-state index contributed by atoms with van der Waals surface area (Å²) >= 11 is 0. The van der Waals surface area contributed by atoms with Crippen LogP contribution in [0.4, 0.5) is 8.78 Å². The van der Waals surface area contributed by atoms with Crippen LogP contribution in [-0.4, -0.2) is 22.4 Å². The van der Waals surface area contributed by atoms with E-state index in [1.54, 1.807) is 6.07 Å². The second-order valence-electron chi connectivity index (χ2n) is 6.04. The van der Waals surface area contributed by atoms with Gasteiger partial charge in [-0.05, 0) is 48.8 Å². The smallest absolute Gasteiger partial charge is 0.287 e. The standard InChI is InChI=1S/C17H17F2N3O2/c18-13-4-1-10(8-14(13)19)7-12(11-2-3-11)9-21-17(24)16-20-6-5-15(23)22-16/h1,4-6,8,11-12H,2-3,7,9H2,(H,21,24)(H,20,22,23). The molecule has 3 rings (SSSR count). The number of hydrogen-bond donors (Lipinski definition) is 2. The molecule has 1 amide bonds. The van der Waals surface area contributed by atoms with E-state index in [4.69, 9.17) is 0 Å². The molecular formula is C17H17F2N3O2. The monoisotopic (exact) mass is 333 g/mol. The van der Waals surface area contributed by atoms with Gasteiger partial charge in [-0.3, -0.25) is 9.59 Å². The number of halogens is 2. The average molecular weight is 333 g/mol. The zero-order valence-electron chi connectivity index (χ0n) is 12.9. The maximum absolute atomic E-state index is 13.3. The van der Waals surface area contributed by atoms with Crippen LogP contribution in [0.1, 0.15) is 29.0 Å². The molecule has 1 atom stereocenters. The maximum Gasteiger partial charge on any atom is 0.287 e. The van der Waals surface area contributed by atoms with Crippen molar-refractivity contribution in [2.24, 2.45) is 11.8 Å². The molecule has 0 saturated heterocycles. The molecule has 1 heterocycles. The van der Waals surface area contributed by atoms with Crippen LogP contribution in [-0.2, 0) is 6.42 Å². The van der Waals surface area contributed by atoms with Crippen molar-refractivity contribution in [2.75, 3.05) is 6.54 Å². The molecule has 2 aromatic rings. The van der Waals surface area contributed by atoms with E-state index < -0.39 is 23.1 Å². The molecule has 2 N–H and O–H groups in total. The first kappa shape index (κ1) is 16.3. The predicted molar refractivity (Wildman–Crippen MR) is 83.5 cm³/mol. The number of carbonyl (C=O) groups excluding carboxylic acids is 1. The fourth-order valence-corrected chi connectivity index (χ4v) is 2.74. The Morgan fingerprint density at radius 2 is 2.08 bits per heavy atom. The number of benzene rings is 1. The highest BCUT2D eigenvalue weighted by atomic mass is 19.2. The Bertz CT molecular complexity index is 802. The van der Waals surface area contributed by atoms with Crippen molar-refractivity contribution in [3.8, 4) is 0 Å². The lowest BCUT2D eigenvalue weighted by Gasteiger charge is -2.17. The Balaban J connectivity index is 1.63. The van der Waals surface area contributed by atoms with Gasteiger partial charge < -0.3 is 10.3 Å². The minimum Gasteiger partial charge on any atom is -0.349 e. The van der Waals surface area contributed by atoms with Crippen LogP contribution in [0, 0.1) is 23.5 Å². The van der Waals surface area contributed by atoms with Crippen LogP contribution in [0.3, 0.4) is 0 Å². The average Bonchev–Trinajstić information content (AvgIpc) is 3.39. The summed E-state index contributed by atoms with van der Waals surface area (Å²) in [4.78, 5) is 29.4. The topological polar surface area (TPSA) is 74.8 Å². The number of H-pyrrole nitrogens is 1. The van der Waals surface area contributed by atoms with Crippen LogP contribution in [0.25, 0.3) is 0 Å². The summed E-state index contributed by atoms with van der Waals surface area (Å²) in [5, 5.41) is 2.75. The van der Waals surface area contributed by atoms with E-state index in [1.165, 1.54) is 18.3 Å². The van der Waals surface area contributed by atoms with Gasteiger partial charge in [-0.15, -0.1) is 0 Å². The minimum atomic E-state index is -0.867. The van der Waals surface area contributed by atoms with Crippen LogP contribution >= 0.6 is 0 Å². The third-order valence-corrected chi connectivity index (χ3v) is 4.18. The molecule has 7 heteroatoms. The van der Waals surface area contributed by atoms with Crippen molar-refractivity contribution in [3.63, 3.8) is 0 Å². The molecule has 0 bridgehead atoms. The van der Waals surface area contributed by atoms with E-state index in [0.29, 0.717) is 24.4 Å². The summed E-state index contributed by atoms with van der Waals surface area (Å²) in [5.74, 6) is -1.63. The fraction of sp³-hybridized carbons (Fsp3) is 0.353. The molecule has 1 fully saturated rings. The van der Waals surface area contributed by atoms with Crippen LogP contribution in [0.5, 0.6) is 0 Å². The van der Waals surface area contributed by atoms with Gasteiger partial charge >= 0.3 is 0 Å². The largest absolute Gasteiger partial charge is 0.349 e. The number of aromatic amines is 1. The first-order valence-electron chi connectivity index (χ1n) is 7.80. The van der Waals surface area contributed by atoms with Crippen molar-refractivity contribution >= 4 is 5.91 Å². The molecule has 0 aliphatic heterocycles. The summed E-state index contributed by atoms with van der Waals surface area (Å²) in [5.41, 5.74) is 0.307. The molecular weight excluding hydrogens is 316 g/mol. The van der Waals surface area contributed by atoms with Gasteiger partial charge in [-0.1, -0.05) is 6.07 Å². The number of carbonyl (C=O) groups is 1. The lowest BCUT2D eigenvalue weighted by atomic mass is 9.94. The molecule has 0 radical (unpaired) electrons. The molecule has 5 nitrogen and oxygen atoms in total. The van der Waals surface area contributed by atoms with E-state index in [2.05, 4.69) is 15.3 Å². The molecule has 0 spiro atoms. The highest BCUT2D eigenvalue weighted by Crippen LogP contribution is 2.38. The quantitative estimate of drug-likeness (QED) is 0.849. The fourth-order valence-electron chi connectivity index (χ4n) is 2.74. The Hall–Kier alpha value is -2.57. The van der Waals surface area contributed by atoms with E-state index in [9.17, 15) is 18.4 Å². The summed E-state index contributed by atoms with van der Waals surface area (Å²) in [6.07, 6.45) is 3.95. The Morgan fingerprint density at radius 3 is 2.75 bits per heavy atom. The third-order valence-electron chi connectivity index (χ3n) is 4.18. The second-order valence-corrected chi connectivity index (χ2v) is 6.04.